The molecule has 1 amide bonds. The number of amides is 1. The Morgan fingerprint density at radius 1 is 1.11 bits per heavy atom. The molecule has 7 nitrogen and oxygen atoms in total. The molecule has 1 fully saturated rings. The number of aryl methyl sites for hydroxylation is 1. The van der Waals surface area contributed by atoms with E-state index >= 15 is 0 Å². The third kappa shape index (κ3) is 4.52. The smallest absolute Gasteiger partial charge is 0.255 e. The van der Waals surface area contributed by atoms with E-state index in [1.807, 2.05) is 26.0 Å². The van der Waals surface area contributed by atoms with Crippen LogP contribution in [0.1, 0.15) is 22.8 Å². The van der Waals surface area contributed by atoms with Crippen LogP contribution in [0.5, 0.6) is 0 Å². The zero-order valence-electron chi connectivity index (χ0n) is 16.1. The fourth-order valence-electron chi connectivity index (χ4n) is 3.05. The van der Waals surface area contributed by atoms with Crippen LogP contribution in [0.3, 0.4) is 0 Å². The normalized spacial score (nSPS) is 15.2. The van der Waals surface area contributed by atoms with Crippen LogP contribution >= 0.6 is 0 Å². The third-order valence-corrected chi connectivity index (χ3v) is 6.39. The number of nitrogens with zero attached hydrogens (tertiary/aromatic N) is 1. The SMILES string of the molecule is CCNc1ccc(S(=O)(=O)N2CCOCC2)cc1NC(=O)c1cccc(C)c1. The van der Waals surface area contributed by atoms with Gasteiger partial charge in [0.15, 0.2) is 0 Å². The van der Waals surface area contributed by atoms with Crippen molar-refractivity contribution in [1.82, 2.24) is 4.31 Å². The average Bonchev–Trinajstić information content (AvgIpc) is 2.70. The van der Waals surface area contributed by atoms with Gasteiger partial charge < -0.3 is 15.4 Å². The zero-order chi connectivity index (χ0) is 20.1. The van der Waals surface area contributed by atoms with Gasteiger partial charge in [0, 0.05) is 25.2 Å². The van der Waals surface area contributed by atoms with Crippen molar-refractivity contribution in [2.45, 2.75) is 18.7 Å². The van der Waals surface area contributed by atoms with Crippen molar-refractivity contribution in [1.29, 1.82) is 0 Å². The first-order valence-corrected chi connectivity index (χ1v) is 10.7. The molecule has 0 spiro atoms. The highest BCUT2D eigenvalue weighted by atomic mass is 32.2. The lowest BCUT2D eigenvalue weighted by Gasteiger charge is -2.26. The molecule has 0 aliphatic carbocycles. The third-order valence-electron chi connectivity index (χ3n) is 4.49. The van der Waals surface area contributed by atoms with E-state index in [0.29, 0.717) is 49.8 Å². The highest BCUT2D eigenvalue weighted by Crippen LogP contribution is 2.28. The summed E-state index contributed by atoms with van der Waals surface area (Å²) in [4.78, 5) is 12.8. The molecule has 150 valence electrons. The molecule has 3 rings (SSSR count). The summed E-state index contributed by atoms with van der Waals surface area (Å²) in [6.07, 6.45) is 0. The van der Waals surface area contributed by atoms with Crippen LogP contribution in [0.15, 0.2) is 47.4 Å². The molecule has 2 aromatic carbocycles. The number of benzene rings is 2. The summed E-state index contributed by atoms with van der Waals surface area (Å²) in [5.41, 5.74) is 2.60. The van der Waals surface area contributed by atoms with E-state index in [1.54, 1.807) is 24.3 Å². The summed E-state index contributed by atoms with van der Waals surface area (Å²) in [5, 5.41) is 6.00. The van der Waals surface area contributed by atoms with Crippen LogP contribution in [-0.4, -0.2) is 51.5 Å². The van der Waals surface area contributed by atoms with E-state index < -0.39 is 10.0 Å². The molecule has 1 aliphatic heterocycles. The number of morpholine rings is 1. The minimum absolute atomic E-state index is 0.149. The van der Waals surface area contributed by atoms with Crippen LogP contribution in [0.4, 0.5) is 11.4 Å². The number of hydrogen-bond acceptors (Lipinski definition) is 5. The van der Waals surface area contributed by atoms with Gasteiger partial charge in [-0.3, -0.25) is 4.79 Å². The Balaban J connectivity index is 1.92. The van der Waals surface area contributed by atoms with Gasteiger partial charge in [-0.05, 0) is 44.2 Å². The molecule has 0 atom stereocenters. The van der Waals surface area contributed by atoms with Gasteiger partial charge in [-0.25, -0.2) is 8.42 Å². The van der Waals surface area contributed by atoms with Gasteiger partial charge in [-0.15, -0.1) is 0 Å². The molecule has 1 aliphatic rings. The molecule has 0 bridgehead atoms. The second-order valence-electron chi connectivity index (χ2n) is 6.58. The van der Waals surface area contributed by atoms with E-state index in [-0.39, 0.29) is 10.8 Å². The molecular formula is C20H25N3O4S. The predicted molar refractivity (Wildman–Crippen MR) is 109 cm³/mol. The zero-order valence-corrected chi connectivity index (χ0v) is 16.9. The van der Waals surface area contributed by atoms with Crippen LogP contribution < -0.4 is 10.6 Å². The van der Waals surface area contributed by atoms with Crippen molar-refractivity contribution >= 4 is 27.3 Å². The van der Waals surface area contributed by atoms with E-state index in [2.05, 4.69) is 10.6 Å². The highest BCUT2D eigenvalue weighted by molar-refractivity contribution is 7.89. The number of carbonyl (C=O) groups excluding carboxylic acids is 1. The molecule has 2 aromatic rings. The summed E-state index contributed by atoms with van der Waals surface area (Å²) in [6.45, 7) is 5.89. The fourth-order valence-corrected chi connectivity index (χ4v) is 4.48. The Kier molecular flexibility index (Phi) is 6.33. The number of hydrogen-bond donors (Lipinski definition) is 2. The Morgan fingerprint density at radius 2 is 1.86 bits per heavy atom. The second kappa shape index (κ2) is 8.72. The Labute approximate surface area is 165 Å². The summed E-state index contributed by atoms with van der Waals surface area (Å²) < 4.78 is 32.5. The first-order chi connectivity index (χ1) is 13.4. The van der Waals surface area contributed by atoms with Crippen LogP contribution in [0, 0.1) is 6.92 Å². The summed E-state index contributed by atoms with van der Waals surface area (Å²) in [6, 6.07) is 12.0. The maximum Gasteiger partial charge on any atom is 0.255 e. The van der Waals surface area contributed by atoms with Gasteiger partial charge in [0.05, 0.1) is 29.5 Å². The molecular weight excluding hydrogens is 378 g/mol. The van der Waals surface area contributed by atoms with E-state index in [0.717, 1.165) is 5.56 Å². The number of anilines is 2. The number of sulfonamides is 1. The first kappa shape index (κ1) is 20.3. The van der Waals surface area contributed by atoms with Crippen LogP contribution in [0.2, 0.25) is 0 Å². The Hall–Kier alpha value is -2.42. The maximum atomic E-state index is 12.9. The maximum absolute atomic E-state index is 12.9. The minimum atomic E-state index is -3.65. The molecule has 0 unspecified atom stereocenters. The van der Waals surface area contributed by atoms with Gasteiger partial charge in [-0.1, -0.05) is 17.7 Å². The van der Waals surface area contributed by atoms with Gasteiger partial charge in [0.25, 0.3) is 5.91 Å². The Bertz CT molecular complexity index is 954. The van der Waals surface area contributed by atoms with Crippen molar-refractivity contribution in [3.05, 3.63) is 53.6 Å². The Morgan fingerprint density at radius 3 is 2.54 bits per heavy atom. The fraction of sp³-hybridized carbons (Fsp3) is 0.350. The monoisotopic (exact) mass is 403 g/mol. The number of rotatable bonds is 6. The summed E-state index contributed by atoms with van der Waals surface area (Å²) in [7, 11) is -3.65. The second-order valence-corrected chi connectivity index (χ2v) is 8.52. The number of nitrogens with one attached hydrogen (secondary N) is 2. The van der Waals surface area contributed by atoms with Crippen molar-refractivity contribution in [3.8, 4) is 0 Å². The molecule has 2 N–H and O–H groups in total. The standard InChI is InChI=1S/C20H25N3O4S/c1-3-21-18-8-7-17(28(25,26)23-9-11-27-12-10-23)14-19(18)22-20(24)16-6-4-5-15(2)13-16/h4-8,13-14,21H,3,9-12H2,1-2H3,(H,22,24). The molecule has 0 saturated carbocycles. The van der Waals surface area contributed by atoms with Crippen molar-refractivity contribution in [2.24, 2.45) is 0 Å². The molecule has 1 saturated heterocycles. The average molecular weight is 404 g/mol. The lowest BCUT2D eigenvalue weighted by atomic mass is 10.1. The quantitative estimate of drug-likeness (QED) is 0.774. The topological polar surface area (TPSA) is 87.7 Å². The molecule has 8 heteroatoms. The molecule has 0 radical (unpaired) electrons. The van der Waals surface area contributed by atoms with E-state index in [4.69, 9.17) is 4.74 Å². The van der Waals surface area contributed by atoms with Gasteiger partial charge in [0.2, 0.25) is 10.0 Å². The van der Waals surface area contributed by atoms with Crippen LogP contribution in [0.25, 0.3) is 0 Å². The molecule has 0 aromatic heterocycles. The summed E-state index contributed by atoms with van der Waals surface area (Å²) >= 11 is 0. The molecule has 28 heavy (non-hydrogen) atoms. The van der Waals surface area contributed by atoms with Gasteiger partial charge in [-0.2, -0.15) is 4.31 Å². The number of ether oxygens (including phenoxy) is 1. The lowest BCUT2D eigenvalue weighted by Crippen LogP contribution is -2.40. The van der Waals surface area contributed by atoms with Crippen molar-refractivity contribution < 1.29 is 17.9 Å². The molecule has 1 heterocycles. The van der Waals surface area contributed by atoms with E-state index in [9.17, 15) is 13.2 Å². The van der Waals surface area contributed by atoms with E-state index in [1.165, 1.54) is 10.4 Å². The number of carbonyl (C=O) groups is 1. The van der Waals surface area contributed by atoms with Crippen molar-refractivity contribution in [3.63, 3.8) is 0 Å². The predicted octanol–water partition coefficient (Wildman–Crippen LogP) is 2.70. The van der Waals surface area contributed by atoms with Crippen molar-refractivity contribution in [2.75, 3.05) is 43.5 Å². The lowest BCUT2D eigenvalue weighted by molar-refractivity contribution is 0.0730. The highest BCUT2D eigenvalue weighted by Gasteiger charge is 2.27. The first-order valence-electron chi connectivity index (χ1n) is 9.25. The van der Waals surface area contributed by atoms with Gasteiger partial charge in [0.1, 0.15) is 0 Å². The summed E-state index contributed by atoms with van der Waals surface area (Å²) in [5.74, 6) is -0.288. The van der Waals surface area contributed by atoms with Crippen LogP contribution in [-0.2, 0) is 14.8 Å². The minimum Gasteiger partial charge on any atom is -0.384 e. The van der Waals surface area contributed by atoms with Gasteiger partial charge >= 0.3 is 0 Å². The largest absolute Gasteiger partial charge is 0.384 e.